The van der Waals surface area contributed by atoms with Crippen LogP contribution in [-0.4, -0.2) is 24.5 Å². The Labute approximate surface area is 167 Å². The zero-order chi connectivity index (χ0) is 19.8. The van der Waals surface area contributed by atoms with Gasteiger partial charge in [-0.2, -0.15) is 0 Å². The van der Waals surface area contributed by atoms with E-state index in [9.17, 15) is 9.59 Å². The molecule has 0 saturated heterocycles. The summed E-state index contributed by atoms with van der Waals surface area (Å²) in [5.74, 6) is -0.660. The summed E-state index contributed by atoms with van der Waals surface area (Å²) in [7, 11) is 1.37. The standard InChI is InChI=1S/C20H24N2O3S2/c1-19(2)11-13-15(18(24)25-5)17(27-16(13)20(3,4)22-19)21-14(23)9-8-12-7-6-10-26-12/h6-10,22H,11H2,1-5H3,(H,21,23)/p+1/b9-8+. The number of carbonyl (C=O) groups excluding carboxylic acids is 2. The Morgan fingerprint density at radius 1 is 1.30 bits per heavy atom. The van der Waals surface area contributed by atoms with Gasteiger partial charge in [-0.05, 0) is 50.8 Å². The second kappa shape index (κ2) is 7.22. The number of hydrogen-bond acceptors (Lipinski definition) is 5. The van der Waals surface area contributed by atoms with Gasteiger partial charge in [0.05, 0.1) is 23.1 Å². The third-order valence-electron chi connectivity index (χ3n) is 4.54. The lowest BCUT2D eigenvalue weighted by Crippen LogP contribution is -3.03. The number of methoxy groups -OCH3 is 1. The van der Waals surface area contributed by atoms with Crippen LogP contribution in [0.5, 0.6) is 0 Å². The third kappa shape index (κ3) is 4.15. The van der Waals surface area contributed by atoms with E-state index in [2.05, 4.69) is 38.3 Å². The van der Waals surface area contributed by atoms with Crippen molar-refractivity contribution in [1.29, 1.82) is 0 Å². The molecule has 3 heterocycles. The lowest BCUT2D eigenvalue weighted by Gasteiger charge is -2.38. The first-order valence-corrected chi connectivity index (χ1v) is 10.5. The molecule has 2 aromatic rings. The molecule has 0 fully saturated rings. The molecule has 3 N–H and O–H groups in total. The average molecular weight is 406 g/mol. The molecule has 144 valence electrons. The van der Waals surface area contributed by atoms with Gasteiger partial charge in [0.2, 0.25) is 5.91 Å². The van der Waals surface area contributed by atoms with Crippen molar-refractivity contribution in [2.24, 2.45) is 0 Å². The van der Waals surface area contributed by atoms with Gasteiger partial charge in [-0.25, -0.2) is 4.79 Å². The minimum Gasteiger partial charge on any atom is -0.465 e. The lowest BCUT2D eigenvalue weighted by molar-refractivity contribution is -0.789. The number of thiophene rings is 2. The van der Waals surface area contributed by atoms with Gasteiger partial charge >= 0.3 is 5.97 Å². The molecule has 1 aliphatic rings. The molecule has 0 bridgehead atoms. The molecule has 0 atom stereocenters. The molecular weight excluding hydrogens is 380 g/mol. The summed E-state index contributed by atoms with van der Waals surface area (Å²) in [5.41, 5.74) is 1.26. The highest BCUT2D eigenvalue weighted by Gasteiger charge is 2.45. The SMILES string of the molecule is COC(=O)c1c(NC(=O)/C=C/c2cccs2)sc2c1CC(C)(C)[NH2+]C2(C)C. The number of quaternary nitrogens is 1. The Bertz CT molecular complexity index is 893. The molecule has 3 rings (SSSR count). The molecule has 0 unspecified atom stereocenters. The molecule has 0 radical (unpaired) electrons. The molecule has 2 aromatic heterocycles. The van der Waals surface area contributed by atoms with Crippen molar-refractivity contribution in [3.05, 3.63) is 44.5 Å². The number of nitrogens with two attached hydrogens (primary N) is 1. The smallest absolute Gasteiger partial charge is 0.341 e. The fraction of sp³-hybridized carbons (Fsp3) is 0.400. The van der Waals surface area contributed by atoms with Gasteiger partial charge in [0, 0.05) is 17.4 Å². The second-order valence-electron chi connectivity index (χ2n) is 7.97. The van der Waals surface area contributed by atoms with E-state index in [4.69, 9.17) is 4.74 Å². The van der Waals surface area contributed by atoms with Crippen LogP contribution >= 0.6 is 22.7 Å². The van der Waals surface area contributed by atoms with Crippen LogP contribution in [-0.2, 0) is 21.5 Å². The number of rotatable bonds is 4. The maximum Gasteiger partial charge on any atom is 0.341 e. The average Bonchev–Trinajstić information content (AvgIpc) is 3.18. The molecule has 0 spiro atoms. The van der Waals surface area contributed by atoms with E-state index in [-0.39, 0.29) is 17.0 Å². The molecule has 27 heavy (non-hydrogen) atoms. The van der Waals surface area contributed by atoms with Crippen LogP contribution in [0.3, 0.4) is 0 Å². The molecule has 7 heteroatoms. The number of carbonyl (C=O) groups is 2. The first-order chi connectivity index (χ1) is 12.6. The van der Waals surface area contributed by atoms with Crippen LogP contribution in [0.2, 0.25) is 0 Å². The zero-order valence-corrected chi connectivity index (χ0v) is 17.8. The first-order valence-electron chi connectivity index (χ1n) is 8.77. The second-order valence-corrected chi connectivity index (χ2v) is 9.97. The van der Waals surface area contributed by atoms with E-state index >= 15 is 0 Å². The molecule has 5 nitrogen and oxygen atoms in total. The summed E-state index contributed by atoms with van der Waals surface area (Å²) >= 11 is 3.03. The monoisotopic (exact) mass is 405 g/mol. The van der Waals surface area contributed by atoms with Gasteiger partial charge in [0.15, 0.2) is 0 Å². The van der Waals surface area contributed by atoms with E-state index in [0.717, 1.165) is 21.7 Å². The fourth-order valence-electron chi connectivity index (χ4n) is 3.81. The Morgan fingerprint density at radius 3 is 2.67 bits per heavy atom. The highest BCUT2D eigenvalue weighted by Crippen LogP contribution is 2.42. The van der Waals surface area contributed by atoms with E-state index in [1.807, 2.05) is 17.5 Å². The summed E-state index contributed by atoms with van der Waals surface area (Å²) < 4.78 is 5.03. The van der Waals surface area contributed by atoms with Crippen molar-refractivity contribution >= 4 is 45.6 Å². The Hall–Kier alpha value is -1.96. The van der Waals surface area contributed by atoms with E-state index in [0.29, 0.717) is 10.6 Å². The maximum absolute atomic E-state index is 12.5. The molecule has 1 amide bonds. The molecule has 1 aliphatic heterocycles. The van der Waals surface area contributed by atoms with Gasteiger partial charge in [0.25, 0.3) is 0 Å². The predicted octanol–water partition coefficient (Wildman–Crippen LogP) is 3.38. The number of hydrogen-bond donors (Lipinski definition) is 2. The Morgan fingerprint density at radius 2 is 2.04 bits per heavy atom. The number of amides is 1. The van der Waals surface area contributed by atoms with Crippen molar-refractivity contribution in [3.63, 3.8) is 0 Å². The van der Waals surface area contributed by atoms with Gasteiger partial charge in [0.1, 0.15) is 10.5 Å². The van der Waals surface area contributed by atoms with Gasteiger partial charge in [-0.3, -0.25) is 4.79 Å². The van der Waals surface area contributed by atoms with E-state index in [1.54, 1.807) is 17.4 Å². The highest BCUT2D eigenvalue weighted by molar-refractivity contribution is 7.17. The van der Waals surface area contributed by atoms with Crippen LogP contribution in [0.1, 0.15) is 53.4 Å². The molecular formula is C20H25N2O3S2+. The third-order valence-corrected chi connectivity index (χ3v) is 6.87. The topological polar surface area (TPSA) is 72.0 Å². The largest absolute Gasteiger partial charge is 0.465 e. The normalized spacial score (nSPS) is 17.5. The van der Waals surface area contributed by atoms with Crippen molar-refractivity contribution in [2.75, 3.05) is 12.4 Å². The summed E-state index contributed by atoms with van der Waals surface area (Å²) in [4.78, 5) is 27.1. The minimum absolute atomic E-state index is 0.0410. The minimum atomic E-state index is -0.404. The lowest BCUT2D eigenvalue weighted by atomic mass is 9.81. The molecule has 0 aromatic carbocycles. The summed E-state index contributed by atoms with van der Waals surface area (Å²) in [5, 5.41) is 7.74. The predicted molar refractivity (Wildman–Crippen MR) is 110 cm³/mol. The Kier molecular flexibility index (Phi) is 5.29. The zero-order valence-electron chi connectivity index (χ0n) is 16.2. The van der Waals surface area contributed by atoms with Crippen molar-refractivity contribution in [2.45, 2.75) is 45.2 Å². The fourth-order valence-corrected chi connectivity index (χ4v) is 5.71. The summed E-state index contributed by atoms with van der Waals surface area (Å²) in [6, 6.07) is 3.88. The number of ether oxygens (including phenoxy) is 1. The molecule has 0 saturated carbocycles. The van der Waals surface area contributed by atoms with Crippen LogP contribution in [0.15, 0.2) is 23.6 Å². The van der Waals surface area contributed by atoms with Gasteiger partial charge in [-0.15, -0.1) is 22.7 Å². The van der Waals surface area contributed by atoms with Gasteiger partial charge < -0.3 is 15.4 Å². The van der Waals surface area contributed by atoms with Crippen LogP contribution in [0.25, 0.3) is 6.08 Å². The van der Waals surface area contributed by atoms with E-state index < -0.39 is 5.97 Å². The van der Waals surface area contributed by atoms with Crippen LogP contribution in [0, 0.1) is 0 Å². The summed E-state index contributed by atoms with van der Waals surface area (Å²) in [6.45, 7) is 8.62. The summed E-state index contributed by atoms with van der Waals surface area (Å²) in [6.07, 6.45) is 4.01. The number of nitrogens with one attached hydrogen (secondary N) is 1. The highest BCUT2D eigenvalue weighted by atomic mass is 32.1. The first kappa shape index (κ1) is 19.8. The Balaban J connectivity index is 1.97. The molecule has 0 aliphatic carbocycles. The van der Waals surface area contributed by atoms with Crippen LogP contribution < -0.4 is 10.6 Å². The number of esters is 1. The number of anilines is 1. The van der Waals surface area contributed by atoms with Crippen LogP contribution in [0.4, 0.5) is 5.00 Å². The van der Waals surface area contributed by atoms with Crippen molar-refractivity contribution in [1.82, 2.24) is 0 Å². The van der Waals surface area contributed by atoms with Gasteiger partial charge in [-0.1, -0.05) is 6.07 Å². The quantitative estimate of drug-likeness (QED) is 0.605. The van der Waals surface area contributed by atoms with Crippen molar-refractivity contribution in [3.8, 4) is 0 Å². The number of fused-ring (bicyclic) bond motifs is 1. The maximum atomic E-state index is 12.5. The van der Waals surface area contributed by atoms with E-state index in [1.165, 1.54) is 24.5 Å². The van der Waals surface area contributed by atoms with Crippen molar-refractivity contribution < 1.29 is 19.6 Å².